The molecule has 0 aliphatic heterocycles. The number of anilines is 3. The molecular weight excluding hydrogens is 337 g/mol. The van der Waals surface area contributed by atoms with E-state index in [2.05, 4.69) is 20.7 Å². The fourth-order valence-corrected chi connectivity index (χ4v) is 1.50. The second-order valence-corrected chi connectivity index (χ2v) is 4.69. The maximum atomic E-state index is 10.3. The average Bonchev–Trinajstić information content (AvgIpc) is 2.38. The van der Waals surface area contributed by atoms with E-state index in [9.17, 15) is 13.0 Å². The van der Waals surface area contributed by atoms with Gasteiger partial charge < -0.3 is 27.5 Å². The molecule has 0 spiro atoms. The third-order valence-electron chi connectivity index (χ3n) is 1.72. The number of hydrogen-bond donors (Lipinski definition) is 4. The maximum Gasteiger partial charge on any atom is 1.00 e. The molecule has 2 rings (SSSR count). The summed E-state index contributed by atoms with van der Waals surface area (Å²) >= 11 is 0. The Morgan fingerprint density at radius 1 is 0.913 bits per heavy atom. The van der Waals surface area contributed by atoms with Gasteiger partial charge in [-0.05, 0) is 12.1 Å². The molecule has 0 fully saturated rings. The van der Waals surface area contributed by atoms with E-state index in [1.54, 1.807) is 6.07 Å². The molecular formula is C10H14N7NaO4S. The first kappa shape index (κ1) is 23.3. The van der Waals surface area contributed by atoms with Crippen LogP contribution in [0.4, 0.5) is 17.8 Å². The summed E-state index contributed by atoms with van der Waals surface area (Å²) in [5.74, 6) is 0.125. The first-order chi connectivity index (χ1) is 10.2. The third-order valence-corrected chi connectivity index (χ3v) is 2.57. The Kier molecular flexibility index (Phi) is 11.7. The fourth-order valence-electron chi connectivity index (χ4n) is 1.01. The topological polar surface area (TPSA) is 217 Å². The van der Waals surface area contributed by atoms with Crippen LogP contribution < -0.4 is 52.5 Å². The molecule has 8 N–H and O–H groups in total. The number of hydrogen-bond acceptors (Lipinski definition) is 10. The van der Waals surface area contributed by atoms with E-state index >= 15 is 0 Å². The van der Waals surface area contributed by atoms with Crippen molar-refractivity contribution in [2.24, 2.45) is 5.73 Å². The van der Waals surface area contributed by atoms with Crippen LogP contribution in [0.15, 0.2) is 35.2 Å². The minimum absolute atomic E-state index is 0. The van der Waals surface area contributed by atoms with Crippen LogP contribution in [0.3, 0.4) is 0 Å². The summed E-state index contributed by atoms with van der Waals surface area (Å²) in [7, 11) is -4.25. The number of nitrogens with zero attached hydrogens (tertiary/aromatic N) is 3. The van der Waals surface area contributed by atoms with Gasteiger partial charge in [0.1, 0.15) is 10.1 Å². The van der Waals surface area contributed by atoms with Crippen LogP contribution in [-0.4, -0.2) is 34.3 Å². The molecule has 0 unspecified atom stereocenters. The minimum atomic E-state index is -4.25. The Hall–Kier alpha value is -1.99. The molecule has 11 nitrogen and oxygen atoms in total. The Morgan fingerprint density at radius 3 is 1.43 bits per heavy atom. The Bertz CT molecular complexity index is 649. The summed E-state index contributed by atoms with van der Waals surface area (Å²) in [6, 6.07) is 7.19. The van der Waals surface area contributed by atoms with E-state index in [1.807, 2.05) is 0 Å². The van der Waals surface area contributed by atoms with Crippen molar-refractivity contribution in [2.45, 2.75) is 4.90 Å². The molecule has 13 heteroatoms. The van der Waals surface area contributed by atoms with Gasteiger partial charge >= 0.3 is 29.6 Å². The zero-order valence-corrected chi connectivity index (χ0v) is 15.0. The molecule has 0 saturated heterocycles. The van der Waals surface area contributed by atoms with Crippen LogP contribution in [-0.2, 0) is 14.9 Å². The molecule has 0 saturated carbocycles. The van der Waals surface area contributed by atoms with Crippen molar-refractivity contribution in [3.63, 3.8) is 0 Å². The summed E-state index contributed by atoms with van der Waals surface area (Å²) in [4.78, 5) is 18.9. The predicted octanol–water partition coefficient (Wildman–Crippen LogP) is -4.69. The summed E-state index contributed by atoms with van der Waals surface area (Å²) in [5.41, 5.74) is 19.6. The van der Waals surface area contributed by atoms with Gasteiger partial charge in [-0.25, -0.2) is 8.42 Å². The molecule has 23 heavy (non-hydrogen) atoms. The first-order valence-corrected chi connectivity index (χ1v) is 6.80. The molecule has 0 radical (unpaired) electrons. The molecule has 0 atom stereocenters. The molecule has 0 aliphatic rings. The number of carbonyl (C=O) groups excluding carboxylic acids is 1. The normalized spacial score (nSPS) is 9.09. The number of rotatable bonds is 1. The zero-order valence-electron chi connectivity index (χ0n) is 12.2. The number of nitrogens with two attached hydrogens (primary N) is 4. The largest absolute Gasteiger partial charge is 1.00 e. The van der Waals surface area contributed by atoms with Gasteiger partial charge in [0.2, 0.25) is 24.3 Å². The molecule has 0 aliphatic carbocycles. The van der Waals surface area contributed by atoms with Crippen molar-refractivity contribution < 1.29 is 47.3 Å². The molecule has 0 bridgehead atoms. The molecule has 1 amide bonds. The average molecular weight is 351 g/mol. The van der Waals surface area contributed by atoms with Gasteiger partial charge in [0, 0.05) is 0 Å². The number of benzene rings is 1. The van der Waals surface area contributed by atoms with Crippen molar-refractivity contribution >= 4 is 34.4 Å². The van der Waals surface area contributed by atoms with E-state index in [1.165, 1.54) is 24.3 Å². The van der Waals surface area contributed by atoms with Gasteiger partial charge in [0.25, 0.3) is 0 Å². The predicted molar refractivity (Wildman–Crippen MR) is 77.7 cm³/mol. The van der Waals surface area contributed by atoms with Crippen molar-refractivity contribution in [3.05, 3.63) is 30.3 Å². The standard InChI is InChI=1S/C6H6O3S.C3H6N6.CH3NO.Na/c7-10(8,9)6-4-2-1-3-5-6;4-1-7-2(5)9-3(6)8-1;2-1-3;/h1-5H,(H,7,8,9);(H6,4,5,6,7,8,9);1H,(H2,2,3);/q;;;+1/p-1. The van der Waals surface area contributed by atoms with Gasteiger partial charge in [-0.15, -0.1) is 0 Å². The Labute approximate surface area is 154 Å². The Balaban J connectivity index is 0. The number of aromatic nitrogens is 3. The van der Waals surface area contributed by atoms with Gasteiger partial charge in [-0.2, -0.15) is 15.0 Å². The second kappa shape index (κ2) is 11.6. The summed E-state index contributed by atoms with van der Waals surface area (Å²) in [6.45, 7) is 0. The van der Waals surface area contributed by atoms with Gasteiger partial charge in [0.15, 0.2) is 0 Å². The van der Waals surface area contributed by atoms with Crippen LogP contribution in [0.1, 0.15) is 0 Å². The SMILES string of the molecule is NC=O.Nc1nc(N)nc(N)n1.O=S(=O)([O-])c1ccccc1.[Na+]. The number of amides is 1. The molecule has 1 aromatic carbocycles. The fraction of sp³-hybridized carbons (Fsp3) is 0. The first-order valence-electron chi connectivity index (χ1n) is 5.39. The van der Waals surface area contributed by atoms with Gasteiger partial charge in [-0.1, -0.05) is 18.2 Å². The molecule has 1 heterocycles. The second-order valence-electron chi connectivity index (χ2n) is 3.31. The monoisotopic (exact) mass is 351 g/mol. The summed E-state index contributed by atoms with van der Waals surface area (Å²) < 4.78 is 30.8. The van der Waals surface area contributed by atoms with Crippen LogP contribution in [0.25, 0.3) is 0 Å². The summed E-state index contributed by atoms with van der Waals surface area (Å²) in [5, 5.41) is 0. The van der Waals surface area contributed by atoms with Crippen LogP contribution >= 0.6 is 0 Å². The Morgan fingerprint density at radius 2 is 1.22 bits per heavy atom. The zero-order chi connectivity index (χ0) is 17.2. The molecule has 120 valence electrons. The van der Waals surface area contributed by atoms with E-state index in [0.29, 0.717) is 0 Å². The third kappa shape index (κ3) is 11.3. The molecule has 1 aromatic heterocycles. The van der Waals surface area contributed by atoms with Crippen molar-refractivity contribution in [1.82, 2.24) is 15.0 Å². The van der Waals surface area contributed by atoms with Gasteiger partial charge in [-0.3, -0.25) is 4.79 Å². The van der Waals surface area contributed by atoms with E-state index in [0.717, 1.165) is 0 Å². The van der Waals surface area contributed by atoms with Crippen LogP contribution in [0, 0.1) is 0 Å². The van der Waals surface area contributed by atoms with Crippen LogP contribution in [0.2, 0.25) is 0 Å². The van der Waals surface area contributed by atoms with E-state index in [4.69, 9.17) is 22.0 Å². The van der Waals surface area contributed by atoms with Crippen molar-refractivity contribution in [3.8, 4) is 0 Å². The quantitative estimate of drug-likeness (QED) is 0.218. The van der Waals surface area contributed by atoms with Gasteiger partial charge in [0.05, 0.1) is 4.90 Å². The number of carbonyl (C=O) groups is 1. The minimum Gasteiger partial charge on any atom is -0.744 e. The van der Waals surface area contributed by atoms with Crippen LogP contribution in [0.5, 0.6) is 0 Å². The number of primary amides is 1. The van der Waals surface area contributed by atoms with Crippen molar-refractivity contribution in [2.75, 3.05) is 17.2 Å². The number of nitrogen functional groups attached to an aromatic ring is 3. The van der Waals surface area contributed by atoms with E-state index in [-0.39, 0.29) is 58.7 Å². The molecule has 2 aromatic rings. The van der Waals surface area contributed by atoms with E-state index < -0.39 is 10.1 Å². The van der Waals surface area contributed by atoms with Crippen molar-refractivity contribution in [1.29, 1.82) is 0 Å². The smallest absolute Gasteiger partial charge is 0.744 e. The maximum absolute atomic E-state index is 10.3. The summed E-state index contributed by atoms with van der Waals surface area (Å²) in [6.07, 6.45) is 0.250.